The van der Waals surface area contributed by atoms with Crippen molar-refractivity contribution in [3.05, 3.63) is 163 Å². The van der Waals surface area contributed by atoms with Gasteiger partial charge in [0, 0.05) is 28.3 Å². The van der Waals surface area contributed by atoms with Crippen LogP contribution < -0.4 is 4.90 Å². The summed E-state index contributed by atoms with van der Waals surface area (Å²) in [5.41, 5.74) is 11.2. The molecule has 0 aliphatic rings. The first-order valence-corrected chi connectivity index (χ1v) is 13.9. The minimum atomic E-state index is 0.945. The monoisotopic (exact) mass is 527 g/mol. The molecular weight excluding hydrogens is 498 g/mol. The molecule has 3 nitrogen and oxygen atoms in total. The zero-order valence-electron chi connectivity index (χ0n) is 22.9. The van der Waals surface area contributed by atoms with Crippen molar-refractivity contribution in [2.24, 2.45) is 0 Å². The van der Waals surface area contributed by atoms with Crippen molar-refractivity contribution in [3.63, 3.8) is 0 Å². The van der Waals surface area contributed by atoms with Crippen LogP contribution in [0, 0.1) is 6.92 Å². The maximum atomic E-state index is 5.07. The van der Waals surface area contributed by atoms with E-state index in [1.807, 2.05) is 6.07 Å². The Morgan fingerprint density at radius 2 is 0.976 bits per heavy atom. The van der Waals surface area contributed by atoms with Crippen LogP contribution in [-0.2, 0) is 0 Å². The van der Waals surface area contributed by atoms with Gasteiger partial charge in [0.25, 0.3) is 0 Å². The van der Waals surface area contributed by atoms with Gasteiger partial charge in [-0.1, -0.05) is 97.1 Å². The maximum absolute atomic E-state index is 5.07. The summed E-state index contributed by atoms with van der Waals surface area (Å²) in [5.74, 6) is 0.945. The molecule has 7 rings (SSSR count). The molecule has 0 saturated carbocycles. The first kappa shape index (κ1) is 24.6. The lowest BCUT2D eigenvalue weighted by Gasteiger charge is -2.25. The zero-order valence-corrected chi connectivity index (χ0v) is 22.9. The molecule has 0 radical (unpaired) electrons. The molecule has 0 N–H and O–H groups in total. The number of imidazole rings is 1. The van der Waals surface area contributed by atoms with Gasteiger partial charge < -0.3 is 4.90 Å². The number of para-hydroxylation sites is 3. The van der Waals surface area contributed by atoms with Crippen LogP contribution >= 0.6 is 0 Å². The highest BCUT2D eigenvalue weighted by Gasteiger charge is 2.15. The van der Waals surface area contributed by atoms with Crippen molar-refractivity contribution in [2.45, 2.75) is 6.92 Å². The highest BCUT2D eigenvalue weighted by atomic mass is 15.1. The molecule has 0 amide bonds. The predicted octanol–water partition coefficient (Wildman–Crippen LogP) is 10.1. The Labute approximate surface area is 240 Å². The number of fused-ring (bicyclic) bond motifs is 1. The summed E-state index contributed by atoms with van der Waals surface area (Å²) in [5, 5.41) is 0. The Kier molecular flexibility index (Phi) is 6.38. The minimum Gasteiger partial charge on any atom is -0.311 e. The number of nitrogens with zero attached hydrogens (tertiary/aromatic N) is 3. The van der Waals surface area contributed by atoms with Crippen LogP contribution in [0.4, 0.5) is 17.1 Å². The van der Waals surface area contributed by atoms with Crippen LogP contribution in [0.3, 0.4) is 0 Å². The highest BCUT2D eigenvalue weighted by molar-refractivity contribution is 5.84. The van der Waals surface area contributed by atoms with Crippen LogP contribution in [0.1, 0.15) is 5.56 Å². The van der Waals surface area contributed by atoms with E-state index in [4.69, 9.17) is 4.98 Å². The molecule has 0 unspecified atom stereocenters. The van der Waals surface area contributed by atoms with Gasteiger partial charge in [0.15, 0.2) is 0 Å². The van der Waals surface area contributed by atoms with E-state index in [2.05, 4.69) is 168 Å². The van der Waals surface area contributed by atoms with Crippen molar-refractivity contribution in [2.75, 3.05) is 4.90 Å². The maximum Gasteiger partial charge on any atom is 0.145 e. The summed E-state index contributed by atoms with van der Waals surface area (Å²) in [4.78, 5) is 7.35. The lowest BCUT2D eigenvalue weighted by molar-refractivity contribution is 1.10. The van der Waals surface area contributed by atoms with Gasteiger partial charge in [0.1, 0.15) is 5.82 Å². The summed E-state index contributed by atoms with van der Waals surface area (Å²) >= 11 is 0. The van der Waals surface area contributed by atoms with E-state index in [0.29, 0.717) is 0 Å². The van der Waals surface area contributed by atoms with Crippen LogP contribution in [0.25, 0.3) is 39.2 Å². The average Bonchev–Trinajstić information content (AvgIpc) is 3.42. The zero-order chi connectivity index (χ0) is 27.6. The molecular formula is C38H29N3. The fraction of sp³-hybridized carbons (Fsp3) is 0.0263. The van der Waals surface area contributed by atoms with Crippen LogP contribution in [-0.4, -0.2) is 9.55 Å². The largest absolute Gasteiger partial charge is 0.311 e. The summed E-state index contributed by atoms with van der Waals surface area (Å²) < 4.78 is 2.25. The first-order valence-electron chi connectivity index (χ1n) is 13.9. The molecule has 0 aliphatic carbocycles. The molecule has 0 aliphatic heterocycles. The Bertz CT molecular complexity index is 1870. The quantitative estimate of drug-likeness (QED) is 0.214. The van der Waals surface area contributed by atoms with Gasteiger partial charge in [-0.3, -0.25) is 4.57 Å². The van der Waals surface area contributed by atoms with Crippen molar-refractivity contribution < 1.29 is 0 Å². The highest BCUT2D eigenvalue weighted by Crippen LogP contribution is 2.36. The van der Waals surface area contributed by atoms with E-state index in [-0.39, 0.29) is 0 Å². The summed E-state index contributed by atoms with van der Waals surface area (Å²) in [7, 11) is 0. The Morgan fingerprint density at radius 3 is 1.56 bits per heavy atom. The van der Waals surface area contributed by atoms with Crippen molar-refractivity contribution in [1.29, 1.82) is 0 Å². The molecule has 0 fully saturated rings. The van der Waals surface area contributed by atoms with Crippen molar-refractivity contribution in [1.82, 2.24) is 9.55 Å². The third kappa shape index (κ3) is 4.79. The average molecular weight is 528 g/mol. The van der Waals surface area contributed by atoms with Gasteiger partial charge in [-0.25, -0.2) is 4.98 Å². The second-order valence-corrected chi connectivity index (χ2v) is 10.2. The number of aryl methyl sites for hydroxylation is 1. The van der Waals surface area contributed by atoms with Crippen LogP contribution in [0.5, 0.6) is 0 Å². The predicted molar refractivity (Wildman–Crippen MR) is 171 cm³/mol. The fourth-order valence-corrected chi connectivity index (χ4v) is 5.44. The number of hydrogen-bond acceptors (Lipinski definition) is 2. The lowest BCUT2D eigenvalue weighted by atomic mass is 10.0. The number of aromatic nitrogens is 2. The molecule has 0 atom stereocenters. The van der Waals surface area contributed by atoms with E-state index >= 15 is 0 Å². The summed E-state index contributed by atoms with van der Waals surface area (Å²) in [6.07, 6.45) is 0. The number of hydrogen-bond donors (Lipinski definition) is 0. The normalized spacial score (nSPS) is 11.0. The van der Waals surface area contributed by atoms with Gasteiger partial charge in [-0.05, 0) is 84.3 Å². The summed E-state index contributed by atoms with van der Waals surface area (Å²) in [6.45, 7) is 2.11. The lowest BCUT2D eigenvalue weighted by Crippen LogP contribution is -2.09. The molecule has 7 aromatic rings. The second kappa shape index (κ2) is 10.6. The smallest absolute Gasteiger partial charge is 0.145 e. The van der Waals surface area contributed by atoms with Gasteiger partial charge in [-0.15, -0.1) is 0 Å². The topological polar surface area (TPSA) is 21.1 Å². The molecule has 1 aromatic heterocycles. The Hall–Kier alpha value is -5.41. The van der Waals surface area contributed by atoms with Gasteiger partial charge >= 0.3 is 0 Å². The van der Waals surface area contributed by atoms with Crippen LogP contribution in [0.15, 0.2) is 158 Å². The van der Waals surface area contributed by atoms with Gasteiger partial charge in [0.05, 0.1) is 11.0 Å². The molecule has 0 saturated heterocycles. The fourth-order valence-electron chi connectivity index (χ4n) is 5.44. The van der Waals surface area contributed by atoms with E-state index in [1.165, 1.54) is 16.7 Å². The molecule has 0 bridgehead atoms. The molecule has 1 heterocycles. The Morgan fingerprint density at radius 1 is 0.488 bits per heavy atom. The van der Waals surface area contributed by atoms with E-state index < -0.39 is 0 Å². The molecule has 3 heteroatoms. The van der Waals surface area contributed by atoms with E-state index in [0.717, 1.165) is 45.2 Å². The summed E-state index contributed by atoms with van der Waals surface area (Å²) in [6, 6.07) is 55.4. The number of benzene rings is 6. The third-order valence-corrected chi connectivity index (χ3v) is 7.46. The van der Waals surface area contributed by atoms with Gasteiger partial charge in [-0.2, -0.15) is 0 Å². The number of rotatable bonds is 6. The molecule has 6 aromatic carbocycles. The SMILES string of the molecule is Cc1ccc2c(c1)nc(-c1ccc(-c3ccc(N(c4ccccc4)c4ccccc4)cc3)cc1)n2-c1ccccc1. The Balaban J connectivity index is 1.23. The molecule has 41 heavy (non-hydrogen) atoms. The second-order valence-electron chi connectivity index (χ2n) is 10.2. The van der Waals surface area contributed by atoms with E-state index in [9.17, 15) is 0 Å². The first-order chi connectivity index (χ1) is 20.2. The molecule has 196 valence electrons. The van der Waals surface area contributed by atoms with E-state index in [1.54, 1.807) is 0 Å². The third-order valence-electron chi connectivity index (χ3n) is 7.46. The number of anilines is 3. The van der Waals surface area contributed by atoms with Gasteiger partial charge in [0.2, 0.25) is 0 Å². The van der Waals surface area contributed by atoms with Crippen LogP contribution in [0.2, 0.25) is 0 Å². The van der Waals surface area contributed by atoms with Crippen molar-refractivity contribution in [3.8, 4) is 28.2 Å². The standard InChI is InChI=1S/C38H29N3/c1-28-17-26-37-36(27-28)39-38(41(37)34-15-9-4-10-16-34)31-20-18-29(19-21-31)30-22-24-35(25-23-30)40(32-11-5-2-6-12-32)33-13-7-3-8-14-33/h2-27H,1H3. The minimum absolute atomic E-state index is 0.945. The molecule has 0 spiro atoms. The van der Waals surface area contributed by atoms with Crippen molar-refractivity contribution >= 4 is 28.1 Å².